The Bertz CT molecular complexity index is 558. The summed E-state index contributed by atoms with van der Waals surface area (Å²) in [5.74, 6) is 0.921. The van der Waals surface area contributed by atoms with Crippen molar-refractivity contribution in [1.82, 2.24) is 15.5 Å². The summed E-state index contributed by atoms with van der Waals surface area (Å²) in [7, 11) is 3.50. The van der Waals surface area contributed by atoms with Gasteiger partial charge >= 0.3 is 12.1 Å². The first-order valence-electron chi connectivity index (χ1n) is 10.6. The molecule has 1 unspecified atom stereocenters. The number of rotatable bonds is 7. The van der Waals surface area contributed by atoms with Crippen LogP contribution in [0.1, 0.15) is 60.3 Å². The van der Waals surface area contributed by atoms with Gasteiger partial charge in [0.2, 0.25) is 0 Å². The number of ether oxygens (including phenoxy) is 2. The SMILES string of the molecule is CCOC(=O)C1CCC(NC(=NC)NCC(C)CN(C)C(=O)OC(C)(C)C)CC1.I. The van der Waals surface area contributed by atoms with Gasteiger partial charge in [0.1, 0.15) is 5.60 Å². The van der Waals surface area contributed by atoms with Gasteiger partial charge in [-0.05, 0) is 59.3 Å². The molecule has 1 rings (SSSR count). The highest BCUT2D eigenvalue weighted by molar-refractivity contribution is 14.0. The fourth-order valence-corrected chi connectivity index (χ4v) is 3.34. The van der Waals surface area contributed by atoms with E-state index in [1.807, 2.05) is 27.7 Å². The Morgan fingerprint density at radius 1 is 1.20 bits per heavy atom. The van der Waals surface area contributed by atoms with Gasteiger partial charge in [0.15, 0.2) is 5.96 Å². The Labute approximate surface area is 198 Å². The van der Waals surface area contributed by atoms with E-state index in [2.05, 4.69) is 22.5 Å². The molecule has 0 heterocycles. The number of amides is 1. The van der Waals surface area contributed by atoms with E-state index in [0.29, 0.717) is 25.7 Å². The molecular formula is C21H41IN4O4. The van der Waals surface area contributed by atoms with Gasteiger partial charge in [0, 0.05) is 33.2 Å². The lowest BCUT2D eigenvalue weighted by molar-refractivity contribution is -0.149. The van der Waals surface area contributed by atoms with E-state index in [4.69, 9.17) is 9.47 Å². The van der Waals surface area contributed by atoms with Crippen LogP contribution in [0.2, 0.25) is 0 Å². The summed E-state index contributed by atoms with van der Waals surface area (Å²) in [6, 6.07) is 0.298. The van der Waals surface area contributed by atoms with Gasteiger partial charge in [0.05, 0.1) is 12.5 Å². The molecule has 1 aliphatic carbocycles. The van der Waals surface area contributed by atoms with Crippen molar-refractivity contribution in [3.63, 3.8) is 0 Å². The smallest absolute Gasteiger partial charge is 0.410 e. The van der Waals surface area contributed by atoms with Crippen molar-refractivity contribution in [3.8, 4) is 0 Å². The highest BCUT2D eigenvalue weighted by Gasteiger charge is 2.27. The molecule has 0 spiro atoms. The molecule has 0 radical (unpaired) electrons. The molecule has 8 nitrogen and oxygen atoms in total. The van der Waals surface area contributed by atoms with Gasteiger partial charge in [0.25, 0.3) is 0 Å². The third-order valence-electron chi connectivity index (χ3n) is 4.82. The molecule has 30 heavy (non-hydrogen) atoms. The van der Waals surface area contributed by atoms with Crippen LogP contribution in [0.15, 0.2) is 4.99 Å². The zero-order valence-corrected chi connectivity index (χ0v) is 21.9. The Morgan fingerprint density at radius 2 is 1.80 bits per heavy atom. The van der Waals surface area contributed by atoms with Crippen LogP contribution in [0.5, 0.6) is 0 Å². The minimum atomic E-state index is -0.495. The number of hydrogen-bond donors (Lipinski definition) is 2. The van der Waals surface area contributed by atoms with Crippen LogP contribution in [0.25, 0.3) is 0 Å². The summed E-state index contributed by atoms with van der Waals surface area (Å²) in [5.41, 5.74) is -0.495. The van der Waals surface area contributed by atoms with Crippen LogP contribution in [-0.2, 0) is 14.3 Å². The summed E-state index contributed by atoms with van der Waals surface area (Å²) >= 11 is 0. The molecule has 1 atom stereocenters. The van der Waals surface area contributed by atoms with Gasteiger partial charge in [-0.25, -0.2) is 4.79 Å². The van der Waals surface area contributed by atoms with Gasteiger partial charge in [-0.1, -0.05) is 6.92 Å². The second-order valence-corrected chi connectivity index (χ2v) is 8.86. The number of carbonyl (C=O) groups is 2. The first-order valence-corrected chi connectivity index (χ1v) is 10.6. The zero-order valence-electron chi connectivity index (χ0n) is 19.6. The normalized spacial score (nSPS) is 20.4. The van der Waals surface area contributed by atoms with Crippen molar-refractivity contribution in [3.05, 3.63) is 0 Å². The zero-order chi connectivity index (χ0) is 22.0. The van der Waals surface area contributed by atoms with Crippen molar-refractivity contribution in [1.29, 1.82) is 0 Å². The van der Waals surface area contributed by atoms with Crippen molar-refractivity contribution in [2.24, 2.45) is 16.8 Å². The van der Waals surface area contributed by atoms with Crippen LogP contribution in [0.3, 0.4) is 0 Å². The first kappa shape index (κ1) is 28.7. The second-order valence-electron chi connectivity index (χ2n) is 8.86. The molecular weight excluding hydrogens is 499 g/mol. The van der Waals surface area contributed by atoms with Crippen molar-refractivity contribution in [2.75, 3.05) is 33.8 Å². The number of nitrogens with zero attached hydrogens (tertiary/aromatic N) is 2. The Balaban J connectivity index is 0.00000841. The summed E-state index contributed by atoms with van der Waals surface area (Å²) in [4.78, 5) is 29.8. The molecule has 176 valence electrons. The summed E-state index contributed by atoms with van der Waals surface area (Å²) in [5, 5.41) is 6.77. The van der Waals surface area contributed by atoms with Crippen LogP contribution >= 0.6 is 24.0 Å². The number of hydrogen-bond acceptors (Lipinski definition) is 5. The predicted molar refractivity (Wildman–Crippen MR) is 130 cm³/mol. The molecule has 0 aliphatic heterocycles. The first-order chi connectivity index (χ1) is 13.6. The molecule has 2 N–H and O–H groups in total. The Morgan fingerprint density at radius 3 is 2.30 bits per heavy atom. The van der Waals surface area contributed by atoms with E-state index in [0.717, 1.165) is 31.6 Å². The molecule has 0 aromatic heterocycles. The predicted octanol–water partition coefficient (Wildman–Crippen LogP) is 3.39. The average molecular weight is 540 g/mol. The fraction of sp³-hybridized carbons (Fsp3) is 0.857. The minimum Gasteiger partial charge on any atom is -0.466 e. The Kier molecular flexibility index (Phi) is 13.3. The molecule has 1 amide bonds. The molecule has 0 saturated heterocycles. The topological polar surface area (TPSA) is 92.3 Å². The highest BCUT2D eigenvalue weighted by Crippen LogP contribution is 2.25. The number of nitrogens with one attached hydrogen (secondary N) is 2. The molecule has 1 aliphatic rings. The summed E-state index contributed by atoms with van der Waals surface area (Å²) in [6.07, 6.45) is 3.20. The number of halogens is 1. The minimum absolute atomic E-state index is 0. The van der Waals surface area contributed by atoms with E-state index in [9.17, 15) is 9.59 Å². The maximum Gasteiger partial charge on any atom is 0.410 e. The summed E-state index contributed by atoms with van der Waals surface area (Å²) in [6.45, 7) is 11.2. The van der Waals surface area contributed by atoms with Crippen molar-refractivity contribution in [2.45, 2.75) is 71.9 Å². The van der Waals surface area contributed by atoms with Crippen molar-refractivity contribution < 1.29 is 19.1 Å². The maximum absolute atomic E-state index is 12.1. The second kappa shape index (κ2) is 13.9. The lowest BCUT2D eigenvalue weighted by atomic mass is 9.86. The fourth-order valence-electron chi connectivity index (χ4n) is 3.34. The molecule has 1 fully saturated rings. The van der Waals surface area contributed by atoms with E-state index in [1.54, 1.807) is 19.0 Å². The number of aliphatic imine (C=N–C) groups is 1. The maximum atomic E-state index is 12.1. The molecule has 0 aromatic rings. The summed E-state index contributed by atoms with van der Waals surface area (Å²) < 4.78 is 10.5. The van der Waals surface area contributed by atoms with Crippen molar-refractivity contribution >= 4 is 42.0 Å². The molecule has 9 heteroatoms. The molecule has 1 saturated carbocycles. The van der Waals surface area contributed by atoms with Crippen LogP contribution < -0.4 is 10.6 Å². The van der Waals surface area contributed by atoms with Gasteiger partial charge < -0.3 is 25.0 Å². The van der Waals surface area contributed by atoms with E-state index in [1.165, 1.54) is 0 Å². The molecule has 0 bridgehead atoms. The lowest BCUT2D eigenvalue weighted by Crippen LogP contribution is -2.47. The number of guanidine groups is 1. The third-order valence-corrected chi connectivity index (χ3v) is 4.82. The quantitative estimate of drug-likeness (QED) is 0.223. The van der Waals surface area contributed by atoms with Crippen LogP contribution in [-0.4, -0.2) is 68.4 Å². The lowest BCUT2D eigenvalue weighted by Gasteiger charge is -2.29. The van der Waals surface area contributed by atoms with Crippen LogP contribution in [0, 0.1) is 11.8 Å². The highest BCUT2D eigenvalue weighted by atomic mass is 127. The van der Waals surface area contributed by atoms with E-state index in [-0.39, 0.29) is 47.9 Å². The van der Waals surface area contributed by atoms with Gasteiger partial charge in [-0.15, -0.1) is 24.0 Å². The number of carbonyl (C=O) groups excluding carboxylic acids is 2. The van der Waals surface area contributed by atoms with Crippen LogP contribution in [0.4, 0.5) is 4.79 Å². The van der Waals surface area contributed by atoms with E-state index >= 15 is 0 Å². The number of esters is 1. The third kappa shape index (κ3) is 11.2. The average Bonchev–Trinajstić information content (AvgIpc) is 2.64. The molecule has 0 aromatic carbocycles. The monoisotopic (exact) mass is 540 g/mol. The van der Waals surface area contributed by atoms with E-state index < -0.39 is 5.60 Å². The van der Waals surface area contributed by atoms with Gasteiger partial charge in [-0.3, -0.25) is 9.79 Å². The Hall–Kier alpha value is -1.26. The largest absolute Gasteiger partial charge is 0.466 e. The standard InChI is InChI=1S/C21H40N4O4.HI/c1-8-28-18(26)16-9-11-17(12-10-16)24-19(22-6)23-13-15(2)14-25(7)20(27)29-21(3,4)5;/h15-17H,8-14H2,1-7H3,(H2,22,23,24);1H. The van der Waals surface area contributed by atoms with Gasteiger partial charge in [-0.2, -0.15) is 0 Å².